The van der Waals surface area contributed by atoms with Gasteiger partial charge in [0.1, 0.15) is 0 Å². The van der Waals surface area contributed by atoms with Crippen LogP contribution in [-0.4, -0.2) is 5.75 Å². The van der Waals surface area contributed by atoms with Crippen molar-refractivity contribution in [1.29, 1.82) is 0 Å². The van der Waals surface area contributed by atoms with Crippen molar-refractivity contribution in [2.24, 2.45) is 0 Å². The quantitative estimate of drug-likeness (QED) is 0.640. The van der Waals surface area contributed by atoms with Crippen molar-refractivity contribution in [2.45, 2.75) is 11.3 Å². The van der Waals surface area contributed by atoms with Gasteiger partial charge >= 0.3 is 0 Å². The van der Waals surface area contributed by atoms with Crippen LogP contribution in [0.3, 0.4) is 0 Å². The molecule has 1 heterocycles. The topological polar surface area (TPSA) is 0 Å². The molecule has 0 fully saturated rings. The molecular formula is C8H7BrS. The molecule has 1 aliphatic rings. The smallest absolute Gasteiger partial charge is 0.0218 e. The van der Waals surface area contributed by atoms with Gasteiger partial charge in [0.15, 0.2) is 0 Å². The Morgan fingerprint density at radius 2 is 2.30 bits per heavy atom. The zero-order valence-corrected chi connectivity index (χ0v) is 7.83. The second-order valence-corrected chi connectivity index (χ2v) is 4.31. The van der Waals surface area contributed by atoms with E-state index in [0.717, 1.165) is 0 Å². The molecule has 52 valence electrons. The van der Waals surface area contributed by atoms with Gasteiger partial charge < -0.3 is 0 Å². The van der Waals surface area contributed by atoms with Crippen LogP contribution in [0.4, 0.5) is 0 Å². The van der Waals surface area contributed by atoms with Crippen molar-refractivity contribution in [3.8, 4) is 0 Å². The molecule has 0 saturated carbocycles. The van der Waals surface area contributed by atoms with Crippen LogP contribution in [0, 0.1) is 0 Å². The molecule has 0 radical (unpaired) electrons. The number of hydrogen-bond acceptors (Lipinski definition) is 1. The van der Waals surface area contributed by atoms with E-state index < -0.39 is 0 Å². The average molecular weight is 215 g/mol. The first kappa shape index (κ1) is 6.74. The minimum Gasteiger partial charge on any atom is -0.125 e. The molecular weight excluding hydrogens is 208 g/mol. The summed E-state index contributed by atoms with van der Waals surface area (Å²) in [6.45, 7) is 0. The molecule has 0 bridgehead atoms. The Bertz CT molecular complexity index is 257. The van der Waals surface area contributed by atoms with Crippen LogP contribution in [0.2, 0.25) is 0 Å². The molecule has 0 nitrogen and oxygen atoms in total. The lowest BCUT2D eigenvalue weighted by atomic mass is 10.2. The van der Waals surface area contributed by atoms with E-state index in [1.165, 1.54) is 27.1 Å². The highest BCUT2D eigenvalue weighted by molar-refractivity contribution is 9.10. The van der Waals surface area contributed by atoms with E-state index in [1.807, 2.05) is 11.8 Å². The maximum absolute atomic E-state index is 3.53. The minimum atomic E-state index is 1.22. The summed E-state index contributed by atoms with van der Waals surface area (Å²) in [6.07, 6.45) is 1.22. The lowest BCUT2D eigenvalue weighted by Gasteiger charge is -1.98. The van der Waals surface area contributed by atoms with Gasteiger partial charge in [0, 0.05) is 15.1 Å². The van der Waals surface area contributed by atoms with Gasteiger partial charge in [-0.3, -0.25) is 0 Å². The Morgan fingerprint density at radius 1 is 1.40 bits per heavy atom. The van der Waals surface area contributed by atoms with Crippen LogP contribution in [0.15, 0.2) is 27.6 Å². The highest BCUT2D eigenvalue weighted by Gasteiger charge is 2.12. The first-order valence-corrected chi connectivity index (χ1v) is 5.06. The third kappa shape index (κ3) is 0.995. The molecule has 0 amide bonds. The molecule has 1 aliphatic heterocycles. The summed E-state index contributed by atoms with van der Waals surface area (Å²) in [7, 11) is 0. The van der Waals surface area contributed by atoms with Crippen molar-refractivity contribution in [1.82, 2.24) is 0 Å². The van der Waals surface area contributed by atoms with Crippen LogP contribution in [0.1, 0.15) is 5.56 Å². The molecule has 0 atom stereocenters. The summed E-state index contributed by atoms with van der Waals surface area (Å²) in [5.41, 5.74) is 1.49. The maximum atomic E-state index is 3.53. The van der Waals surface area contributed by atoms with Gasteiger partial charge in [-0.05, 0) is 24.1 Å². The van der Waals surface area contributed by atoms with Crippen molar-refractivity contribution >= 4 is 27.7 Å². The highest BCUT2D eigenvalue weighted by atomic mass is 79.9. The molecule has 2 heteroatoms. The van der Waals surface area contributed by atoms with E-state index in [9.17, 15) is 0 Å². The standard InChI is InChI=1S/C8H7BrS/c9-7-2-1-3-8-6(7)4-5-10-8/h1-3H,4-5H2. The monoisotopic (exact) mass is 214 g/mol. The predicted molar refractivity (Wildman–Crippen MR) is 48.6 cm³/mol. The molecule has 0 saturated heterocycles. The number of hydrogen-bond donors (Lipinski definition) is 0. The fraction of sp³-hybridized carbons (Fsp3) is 0.250. The molecule has 2 rings (SSSR count). The maximum Gasteiger partial charge on any atom is 0.0218 e. The second-order valence-electron chi connectivity index (χ2n) is 2.31. The van der Waals surface area contributed by atoms with Crippen LogP contribution in [0.5, 0.6) is 0 Å². The number of benzene rings is 1. The number of thioether (sulfide) groups is 1. The van der Waals surface area contributed by atoms with Crippen molar-refractivity contribution in [3.63, 3.8) is 0 Å². The summed E-state index contributed by atoms with van der Waals surface area (Å²) in [5.74, 6) is 1.25. The summed E-state index contributed by atoms with van der Waals surface area (Å²) in [6, 6.07) is 6.41. The fourth-order valence-electron chi connectivity index (χ4n) is 1.18. The zero-order valence-electron chi connectivity index (χ0n) is 5.43. The van der Waals surface area contributed by atoms with Gasteiger partial charge in [-0.25, -0.2) is 0 Å². The Balaban J connectivity index is 2.59. The summed E-state index contributed by atoms with van der Waals surface area (Å²) >= 11 is 5.49. The molecule has 1 aromatic rings. The summed E-state index contributed by atoms with van der Waals surface area (Å²) in [5, 5.41) is 0. The number of rotatable bonds is 0. The van der Waals surface area contributed by atoms with Crippen LogP contribution >= 0.6 is 27.7 Å². The Morgan fingerprint density at radius 3 is 3.10 bits per heavy atom. The van der Waals surface area contributed by atoms with E-state index >= 15 is 0 Å². The first-order valence-electron chi connectivity index (χ1n) is 3.28. The number of halogens is 1. The molecule has 0 unspecified atom stereocenters. The SMILES string of the molecule is Brc1cccc2c1CCS2. The zero-order chi connectivity index (χ0) is 6.97. The second kappa shape index (κ2) is 2.59. The van der Waals surface area contributed by atoms with Crippen LogP contribution < -0.4 is 0 Å². The van der Waals surface area contributed by atoms with E-state index in [2.05, 4.69) is 34.1 Å². The number of fused-ring (bicyclic) bond motifs is 1. The van der Waals surface area contributed by atoms with E-state index in [-0.39, 0.29) is 0 Å². The van der Waals surface area contributed by atoms with Crippen molar-refractivity contribution in [3.05, 3.63) is 28.2 Å². The normalized spacial score (nSPS) is 15.3. The Kier molecular flexibility index (Phi) is 1.75. The Labute approximate surface area is 73.1 Å². The largest absolute Gasteiger partial charge is 0.125 e. The van der Waals surface area contributed by atoms with Gasteiger partial charge in [-0.15, -0.1) is 11.8 Å². The lowest BCUT2D eigenvalue weighted by Crippen LogP contribution is -1.80. The van der Waals surface area contributed by atoms with Gasteiger partial charge in [0.2, 0.25) is 0 Å². The minimum absolute atomic E-state index is 1.22. The summed E-state index contributed by atoms with van der Waals surface area (Å²) in [4.78, 5) is 1.45. The fourth-order valence-corrected chi connectivity index (χ4v) is 2.96. The third-order valence-electron chi connectivity index (χ3n) is 1.69. The van der Waals surface area contributed by atoms with Crippen molar-refractivity contribution < 1.29 is 0 Å². The molecule has 10 heavy (non-hydrogen) atoms. The van der Waals surface area contributed by atoms with Crippen LogP contribution in [0.25, 0.3) is 0 Å². The van der Waals surface area contributed by atoms with Crippen LogP contribution in [-0.2, 0) is 6.42 Å². The summed E-state index contributed by atoms with van der Waals surface area (Å²) < 4.78 is 1.27. The van der Waals surface area contributed by atoms with Gasteiger partial charge in [-0.2, -0.15) is 0 Å². The predicted octanol–water partition coefficient (Wildman–Crippen LogP) is 3.10. The third-order valence-corrected chi connectivity index (χ3v) is 3.53. The van der Waals surface area contributed by atoms with Crippen molar-refractivity contribution in [2.75, 3.05) is 5.75 Å². The highest BCUT2D eigenvalue weighted by Crippen LogP contribution is 2.35. The molecule has 1 aromatic carbocycles. The van der Waals surface area contributed by atoms with E-state index in [4.69, 9.17) is 0 Å². The average Bonchev–Trinajstić information content (AvgIpc) is 2.36. The van der Waals surface area contributed by atoms with E-state index in [0.29, 0.717) is 0 Å². The van der Waals surface area contributed by atoms with Gasteiger partial charge in [0.05, 0.1) is 0 Å². The first-order chi connectivity index (χ1) is 4.88. The molecule has 0 aliphatic carbocycles. The Hall–Kier alpha value is 0.0500. The van der Waals surface area contributed by atoms with Gasteiger partial charge in [0.25, 0.3) is 0 Å². The van der Waals surface area contributed by atoms with E-state index in [1.54, 1.807) is 0 Å². The van der Waals surface area contributed by atoms with Gasteiger partial charge in [-0.1, -0.05) is 22.0 Å². The lowest BCUT2D eigenvalue weighted by molar-refractivity contribution is 1.13. The molecule has 0 aromatic heterocycles. The molecule has 0 spiro atoms. The molecule has 0 N–H and O–H groups in total.